The molecule has 1 aromatic carbocycles. The molecule has 0 atom stereocenters. The zero-order valence-corrected chi connectivity index (χ0v) is 18.2. The highest BCUT2D eigenvalue weighted by Crippen LogP contribution is 2.28. The molecule has 28 heavy (non-hydrogen) atoms. The Bertz CT molecular complexity index is 812. The number of hydrogen-bond acceptors (Lipinski definition) is 4. The highest BCUT2D eigenvalue weighted by atomic mass is 16.5. The molecular formula is C22H33N3O3. The lowest BCUT2D eigenvalue weighted by Gasteiger charge is -2.22. The van der Waals surface area contributed by atoms with E-state index < -0.39 is 0 Å². The predicted octanol–water partition coefficient (Wildman–Crippen LogP) is 3.76. The highest BCUT2D eigenvalue weighted by molar-refractivity contribution is 5.79. The smallest absolute Gasteiger partial charge is 0.227 e. The molecule has 1 heterocycles. The lowest BCUT2D eigenvalue weighted by molar-refractivity contribution is -0.130. The van der Waals surface area contributed by atoms with Crippen molar-refractivity contribution in [1.82, 2.24) is 14.7 Å². The Hall–Kier alpha value is -2.50. The van der Waals surface area contributed by atoms with Crippen LogP contribution in [0.4, 0.5) is 0 Å². The van der Waals surface area contributed by atoms with Crippen molar-refractivity contribution in [3.05, 3.63) is 40.7 Å². The summed E-state index contributed by atoms with van der Waals surface area (Å²) in [5.41, 5.74) is 4.07. The third kappa shape index (κ3) is 5.06. The van der Waals surface area contributed by atoms with Crippen LogP contribution in [0.1, 0.15) is 43.3 Å². The fourth-order valence-electron chi connectivity index (χ4n) is 3.35. The summed E-state index contributed by atoms with van der Waals surface area (Å²) in [6.45, 7) is 12.4. The standard InChI is InChI=1S/C22H33N3O3/c1-8-24(14-18-9-10-20(27-6)21(11-18)28-7)22(26)12-19-16(4)23-25(17(19)5)13-15(2)3/h9-11,15H,8,12-14H2,1-7H3. The molecular weight excluding hydrogens is 354 g/mol. The first kappa shape index (κ1) is 21.8. The molecule has 6 heteroatoms. The van der Waals surface area contributed by atoms with E-state index in [4.69, 9.17) is 9.47 Å². The van der Waals surface area contributed by atoms with Crippen molar-refractivity contribution in [3.8, 4) is 11.5 Å². The van der Waals surface area contributed by atoms with Gasteiger partial charge < -0.3 is 14.4 Å². The van der Waals surface area contributed by atoms with Crippen LogP contribution in [-0.4, -0.2) is 41.4 Å². The first-order valence-electron chi connectivity index (χ1n) is 9.82. The van der Waals surface area contributed by atoms with Gasteiger partial charge in [0.25, 0.3) is 0 Å². The third-order valence-corrected chi connectivity index (χ3v) is 4.95. The van der Waals surface area contributed by atoms with Crippen molar-refractivity contribution in [1.29, 1.82) is 0 Å². The maximum Gasteiger partial charge on any atom is 0.227 e. The molecule has 0 N–H and O–H groups in total. The van der Waals surface area contributed by atoms with Crippen molar-refractivity contribution in [2.24, 2.45) is 5.92 Å². The molecule has 154 valence electrons. The minimum atomic E-state index is 0.104. The molecule has 0 aliphatic carbocycles. The summed E-state index contributed by atoms with van der Waals surface area (Å²) < 4.78 is 12.7. The summed E-state index contributed by atoms with van der Waals surface area (Å²) in [4.78, 5) is 14.9. The van der Waals surface area contributed by atoms with Crippen LogP contribution in [0.5, 0.6) is 11.5 Å². The number of carbonyl (C=O) groups is 1. The largest absolute Gasteiger partial charge is 0.493 e. The minimum absolute atomic E-state index is 0.104. The predicted molar refractivity (Wildman–Crippen MR) is 111 cm³/mol. The Morgan fingerprint density at radius 2 is 1.86 bits per heavy atom. The van der Waals surface area contributed by atoms with Crippen LogP contribution >= 0.6 is 0 Å². The van der Waals surface area contributed by atoms with E-state index in [1.807, 2.05) is 41.6 Å². The number of carbonyl (C=O) groups excluding carboxylic acids is 1. The number of likely N-dealkylation sites (N-methyl/N-ethyl adjacent to an activating group) is 1. The molecule has 2 aromatic rings. The van der Waals surface area contributed by atoms with E-state index in [0.717, 1.165) is 29.1 Å². The molecule has 0 saturated carbocycles. The molecule has 0 bridgehead atoms. The number of ether oxygens (including phenoxy) is 2. The van der Waals surface area contributed by atoms with E-state index >= 15 is 0 Å². The molecule has 2 rings (SSSR count). The van der Waals surface area contributed by atoms with Crippen LogP contribution in [0.25, 0.3) is 0 Å². The molecule has 0 spiro atoms. The summed E-state index contributed by atoms with van der Waals surface area (Å²) in [5.74, 6) is 1.97. The summed E-state index contributed by atoms with van der Waals surface area (Å²) in [6, 6.07) is 5.76. The lowest BCUT2D eigenvalue weighted by atomic mass is 10.1. The Balaban J connectivity index is 2.15. The lowest BCUT2D eigenvalue weighted by Crippen LogP contribution is -2.31. The normalized spacial score (nSPS) is 11.0. The van der Waals surface area contributed by atoms with Crippen molar-refractivity contribution >= 4 is 5.91 Å². The molecule has 0 fully saturated rings. The van der Waals surface area contributed by atoms with Gasteiger partial charge in [0.1, 0.15) is 0 Å². The van der Waals surface area contributed by atoms with Crippen molar-refractivity contribution < 1.29 is 14.3 Å². The Kier molecular flexibility index (Phi) is 7.49. The molecule has 1 amide bonds. The van der Waals surface area contributed by atoms with Crippen LogP contribution in [-0.2, 0) is 24.3 Å². The highest BCUT2D eigenvalue weighted by Gasteiger charge is 2.19. The maximum absolute atomic E-state index is 13.0. The van der Waals surface area contributed by atoms with Crippen LogP contribution in [0.3, 0.4) is 0 Å². The Morgan fingerprint density at radius 3 is 2.43 bits per heavy atom. The molecule has 1 aromatic heterocycles. The summed E-state index contributed by atoms with van der Waals surface area (Å²) in [5, 5.41) is 4.63. The van der Waals surface area contributed by atoms with Gasteiger partial charge >= 0.3 is 0 Å². The van der Waals surface area contributed by atoms with Crippen LogP contribution in [0.15, 0.2) is 18.2 Å². The van der Waals surface area contributed by atoms with Crippen molar-refractivity contribution in [2.75, 3.05) is 20.8 Å². The van der Waals surface area contributed by atoms with Crippen LogP contribution < -0.4 is 9.47 Å². The summed E-state index contributed by atoms with van der Waals surface area (Å²) in [7, 11) is 3.23. The van der Waals surface area contributed by atoms with Gasteiger partial charge in [-0.2, -0.15) is 5.10 Å². The van der Waals surface area contributed by atoms with Gasteiger partial charge in [0.05, 0.1) is 26.3 Å². The monoisotopic (exact) mass is 387 g/mol. The fraction of sp³-hybridized carbons (Fsp3) is 0.545. The van der Waals surface area contributed by atoms with E-state index in [-0.39, 0.29) is 5.91 Å². The summed E-state index contributed by atoms with van der Waals surface area (Å²) in [6.07, 6.45) is 0.372. The average molecular weight is 388 g/mol. The van der Waals surface area contributed by atoms with Gasteiger partial charge in [0, 0.05) is 30.9 Å². The maximum atomic E-state index is 13.0. The van der Waals surface area contributed by atoms with Gasteiger partial charge in [-0.25, -0.2) is 0 Å². The number of aromatic nitrogens is 2. The first-order chi connectivity index (χ1) is 13.3. The Morgan fingerprint density at radius 1 is 1.18 bits per heavy atom. The topological polar surface area (TPSA) is 56.6 Å². The average Bonchev–Trinajstić information content (AvgIpc) is 2.92. The van der Waals surface area contributed by atoms with E-state index in [0.29, 0.717) is 36.9 Å². The fourth-order valence-corrected chi connectivity index (χ4v) is 3.35. The molecule has 0 aliphatic heterocycles. The minimum Gasteiger partial charge on any atom is -0.493 e. The summed E-state index contributed by atoms with van der Waals surface area (Å²) >= 11 is 0. The third-order valence-electron chi connectivity index (χ3n) is 4.95. The quantitative estimate of drug-likeness (QED) is 0.657. The van der Waals surface area contributed by atoms with Gasteiger partial charge in [-0.1, -0.05) is 19.9 Å². The zero-order valence-electron chi connectivity index (χ0n) is 18.2. The van der Waals surface area contributed by atoms with E-state index in [1.165, 1.54) is 0 Å². The molecule has 6 nitrogen and oxygen atoms in total. The second-order valence-electron chi connectivity index (χ2n) is 7.50. The number of methoxy groups -OCH3 is 2. The van der Waals surface area contributed by atoms with Gasteiger partial charge in [0.2, 0.25) is 5.91 Å². The van der Waals surface area contributed by atoms with Gasteiger partial charge in [0.15, 0.2) is 11.5 Å². The van der Waals surface area contributed by atoms with E-state index in [1.54, 1.807) is 14.2 Å². The molecule has 0 saturated heterocycles. The number of amides is 1. The number of aryl methyl sites for hydroxylation is 1. The van der Waals surface area contributed by atoms with Crippen molar-refractivity contribution in [2.45, 2.75) is 54.1 Å². The number of hydrogen-bond donors (Lipinski definition) is 0. The molecule has 0 aliphatic rings. The van der Waals surface area contributed by atoms with E-state index in [9.17, 15) is 4.79 Å². The van der Waals surface area contributed by atoms with Gasteiger partial charge in [-0.05, 0) is 44.4 Å². The van der Waals surface area contributed by atoms with Gasteiger partial charge in [-0.3, -0.25) is 9.48 Å². The van der Waals surface area contributed by atoms with Crippen molar-refractivity contribution in [3.63, 3.8) is 0 Å². The van der Waals surface area contributed by atoms with Crippen LogP contribution in [0, 0.1) is 19.8 Å². The molecule has 0 unspecified atom stereocenters. The Labute approximate surface area is 168 Å². The second-order valence-corrected chi connectivity index (χ2v) is 7.50. The van der Waals surface area contributed by atoms with Crippen LogP contribution in [0.2, 0.25) is 0 Å². The number of benzene rings is 1. The number of nitrogens with zero attached hydrogens (tertiary/aromatic N) is 3. The second kappa shape index (κ2) is 9.62. The van der Waals surface area contributed by atoms with E-state index in [2.05, 4.69) is 25.9 Å². The number of rotatable bonds is 9. The first-order valence-corrected chi connectivity index (χ1v) is 9.82. The molecule has 0 radical (unpaired) electrons. The van der Waals surface area contributed by atoms with Gasteiger partial charge in [-0.15, -0.1) is 0 Å². The SMILES string of the molecule is CCN(Cc1ccc(OC)c(OC)c1)C(=O)Cc1c(C)nn(CC(C)C)c1C. The zero-order chi connectivity index (χ0) is 20.8.